The molecular weight excluding hydrogens is 368 g/mol. The van der Waals surface area contributed by atoms with Crippen molar-refractivity contribution >= 4 is 28.9 Å². The molecule has 8 heteroatoms. The summed E-state index contributed by atoms with van der Waals surface area (Å²) in [6, 6.07) is 12.1. The van der Waals surface area contributed by atoms with Crippen LogP contribution in [-0.2, 0) is 15.5 Å². The van der Waals surface area contributed by atoms with Crippen LogP contribution in [0.15, 0.2) is 53.6 Å². The molecule has 1 aliphatic heterocycles. The zero-order valence-corrected chi connectivity index (χ0v) is 15.6. The molecule has 1 aliphatic rings. The number of alkyl halides is 2. The van der Waals surface area contributed by atoms with Crippen molar-refractivity contribution in [3.8, 4) is 5.75 Å². The van der Waals surface area contributed by atoms with Crippen LogP contribution in [-0.4, -0.2) is 24.6 Å². The maximum Gasteiger partial charge on any atom is 0.270 e. The lowest BCUT2D eigenvalue weighted by Crippen LogP contribution is -2.36. The number of hydrazone groups is 1. The van der Waals surface area contributed by atoms with E-state index in [1.54, 1.807) is 31.2 Å². The smallest absolute Gasteiger partial charge is 0.270 e. The van der Waals surface area contributed by atoms with E-state index in [0.717, 1.165) is 11.9 Å². The Labute approximate surface area is 160 Å². The third kappa shape index (κ3) is 3.85. The number of anilines is 2. The number of methoxy groups -OCH3 is 1. The molecule has 0 aliphatic carbocycles. The molecule has 28 heavy (non-hydrogen) atoms. The summed E-state index contributed by atoms with van der Waals surface area (Å²) in [5.74, 6) is -4.79. The summed E-state index contributed by atoms with van der Waals surface area (Å²) in [7, 11) is 1.50. The fraction of sp³-hybridized carbons (Fsp3) is 0.250. The number of nitrogens with zero attached hydrogens (tertiary/aromatic N) is 2. The molecule has 1 unspecified atom stereocenters. The summed E-state index contributed by atoms with van der Waals surface area (Å²) < 4.78 is 32.1. The first-order valence-corrected chi connectivity index (χ1v) is 8.53. The summed E-state index contributed by atoms with van der Waals surface area (Å²) in [5, 5.41) is 7.84. The maximum absolute atomic E-state index is 13.5. The van der Waals surface area contributed by atoms with E-state index in [2.05, 4.69) is 10.4 Å². The highest BCUT2D eigenvalue weighted by molar-refractivity contribution is 6.28. The molecule has 0 aromatic heterocycles. The van der Waals surface area contributed by atoms with Gasteiger partial charge in [-0.05, 0) is 31.2 Å². The van der Waals surface area contributed by atoms with E-state index in [4.69, 9.17) is 4.74 Å². The van der Waals surface area contributed by atoms with Crippen LogP contribution in [0.25, 0.3) is 0 Å². The molecule has 146 valence electrons. The van der Waals surface area contributed by atoms with Gasteiger partial charge in [-0.15, -0.1) is 0 Å². The Bertz CT molecular complexity index is 954. The minimum atomic E-state index is -3.04. The molecule has 2 aromatic rings. The van der Waals surface area contributed by atoms with Gasteiger partial charge in [-0.3, -0.25) is 9.59 Å². The molecule has 0 radical (unpaired) electrons. The lowest BCUT2D eigenvalue weighted by atomic mass is 10.0. The van der Waals surface area contributed by atoms with Crippen molar-refractivity contribution < 1.29 is 23.1 Å². The molecule has 3 rings (SSSR count). The van der Waals surface area contributed by atoms with E-state index in [0.29, 0.717) is 17.1 Å². The van der Waals surface area contributed by atoms with E-state index in [9.17, 15) is 18.4 Å². The average molecular weight is 387 g/mol. The fourth-order valence-corrected chi connectivity index (χ4v) is 2.88. The Morgan fingerprint density at radius 3 is 2.61 bits per heavy atom. The first-order chi connectivity index (χ1) is 13.2. The Kier molecular flexibility index (Phi) is 5.13. The SMILES string of the molecule is COc1cccc(N2N=C(C)C(C(=O)Nc3cccc(C(C)(F)F)c3)C2=O)c1. The third-order valence-corrected chi connectivity index (χ3v) is 4.33. The lowest BCUT2D eigenvalue weighted by Gasteiger charge is -2.16. The van der Waals surface area contributed by atoms with Crippen molar-refractivity contribution in [1.29, 1.82) is 0 Å². The lowest BCUT2D eigenvalue weighted by molar-refractivity contribution is -0.127. The second kappa shape index (κ2) is 7.38. The summed E-state index contributed by atoms with van der Waals surface area (Å²) in [5.41, 5.74) is 0.727. The van der Waals surface area contributed by atoms with Gasteiger partial charge in [0.1, 0.15) is 5.75 Å². The van der Waals surface area contributed by atoms with Gasteiger partial charge in [0.05, 0.1) is 18.5 Å². The van der Waals surface area contributed by atoms with Crippen molar-refractivity contribution in [2.24, 2.45) is 11.0 Å². The average Bonchev–Trinajstić information content (AvgIpc) is 2.95. The largest absolute Gasteiger partial charge is 0.497 e. The predicted octanol–water partition coefficient (Wildman–Crippen LogP) is 3.78. The first-order valence-electron chi connectivity index (χ1n) is 8.53. The van der Waals surface area contributed by atoms with Gasteiger partial charge >= 0.3 is 0 Å². The standard InChI is InChI=1S/C20H19F2N3O3/c1-12-17(18(26)23-14-7-4-6-13(10-14)20(2,21)22)19(27)25(24-12)15-8-5-9-16(11-15)28-3/h4-11,17H,1-3H3,(H,23,26). The van der Waals surface area contributed by atoms with Gasteiger partial charge in [0.25, 0.3) is 11.8 Å². The molecule has 1 heterocycles. The molecule has 0 saturated heterocycles. The summed E-state index contributed by atoms with van der Waals surface area (Å²) >= 11 is 0. The molecule has 0 saturated carbocycles. The maximum atomic E-state index is 13.5. The number of benzene rings is 2. The summed E-state index contributed by atoms with van der Waals surface area (Å²) in [6.07, 6.45) is 0. The van der Waals surface area contributed by atoms with Crippen molar-refractivity contribution in [2.45, 2.75) is 19.8 Å². The van der Waals surface area contributed by atoms with Gasteiger partial charge in [0.15, 0.2) is 5.92 Å². The van der Waals surface area contributed by atoms with Gasteiger partial charge in [-0.1, -0.05) is 18.2 Å². The van der Waals surface area contributed by atoms with Gasteiger partial charge in [0.2, 0.25) is 5.91 Å². The van der Waals surface area contributed by atoms with E-state index < -0.39 is 23.7 Å². The Hall–Kier alpha value is -3.29. The zero-order valence-electron chi connectivity index (χ0n) is 15.6. The highest BCUT2D eigenvalue weighted by Gasteiger charge is 2.40. The van der Waals surface area contributed by atoms with E-state index in [1.165, 1.54) is 31.4 Å². The molecule has 0 spiro atoms. The summed E-state index contributed by atoms with van der Waals surface area (Å²) in [6.45, 7) is 2.34. The molecule has 0 bridgehead atoms. The van der Waals surface area contributed by atoms with Crippen LogP contribution in [0, 0.1) is 5.92 Å². The van der Waals surface area contributed by atoms with Crippen LogP contribution in [0.1, 0.15) is 19.4 Å². The van der Waals surface area contributed by atoms with Crippen molar-refractivity contribution in [3.63, 3.8) is 0 Å². The van der Waals surface area contributed by atoms with E-state index in [1.807, 2.05) is 0 Å². The van der Waals surface area contributed by atoms with E-state index in [-0.39, 0.29) is 11.3 Å². The molecule has 1 atom stereocenters. The quantitative estimate of drug-likeness (QED) is 0.794. The van der Waals surface area contributed by atoms with Crippen LogP contribution in [0.5, 0.6) is 5.75 Å². The number of hydrogen-bond donors (Lipinski definition) is 1. The first kappa shape index (κ1) is 19.5. The molecule has 2 amide bonds. The van der Waals surface area contributed by atoms with Gasteiger partial charge in [0, 0.05) is 24.2 Å². The second-order valence-electron chi connectivity index (χ2n) is 6.48. The van der Waals surface area contributed by atoms with Crippen LogP contribution < -0.4 is 15.1 Å². The highest BCUT2D eigenvalue weighted by atomic mass is 19.3. The highest BCUT2D eigenvalue weighted by Crippen LogP contribution is 2.30. The second-order valence-corrected chi connectivity index (χ2v) is 6.48. The minimum absolute atomic E-state index is 0.185. The monoisotopic (exact) mass is 387 g/mol. The van der Waals surface area contributed by atoms with Crippen LogP contribution in [0.2, 0.25) is 0 Å². The van der Waals surface area contributed by atoms with Crippen LogP contribution >= 0.6 is 0 Å². The normalized spacial score (nSPS) is 16.8. The Morgan fingerprint density at radius 2 is 1.93 bits per heavy atom. The van der Waals surface area contributed by atoms with Crippen LogP contribution in [0.3, 0.4) is 0 Å². The number of carbonyl (C=O) groups excluding carboxylic acids is 2. The molecule has 6 nitrogen and oxygen atoms in total. The number of carbonyl (C=O) groups is 2. The van der Waals surface area contributed by atoms with E-state index >= 15 is 0 Å². The number of amides is 2. The molecule has 1 N–H and O–H groups in total. The van der Waals surface area contributed by atoms with Crippen LogP contribution in [0.4, 0.5) is 20.2 Å². The zero-order chi connectivity index (χ0) is 20.5. The summed E-state index contributed by atoms with van der Waals surface area (Å²) in [4.78, 5) is 25.4. The number of rotatable bonds is 5. The number of nitrogens with one attached hydrogen (secondary N) is 1. The number of halogens is 2. The number of hydrogen-bond acceptors (Lipinski definition) is 4. The minimum Gasteiger partial charge on any atom is -0.497 e. The molecular formula is C20H19F2N3O3. The van der Waals surface area contributed by atoms with Gasteiger partial charge < -0.3 is 10.1 Å². The van der Waals surface area contributed by atoms with Crippen molar-refractivity contribution in [3.05, 3.63) is 54.1 Å². The van der Waals surface area contributed by atoms with Gasteiger partial charge in [-0.25, -0.2) is 8.78 Å². The Balaban J connectivity index is 1.80. The number of ether oxygens (including phenoxy) is 1. The van der Waals surface area contributed by atoms with Crippen molar-refractivity contribution in [2.75, 3.05) is 17.4 Å². The fourth-order valence-electron chi connectivity index (χ4n) is 2.88. The third-order valence-electron chi connectivity index (χ3n) is 4.33. The van der Waals surface area contributed by atoms with Crippen molar-refractivity contribution in [1.82, 2.24) is 0 Å². The van der Waals surface area contributed by atoms with Gasteiger partial charge in [-0.2, -0.15) is 10.1 Å². The predicted molar refractivity (Wildman–Crippen MR) is 102 cm³/mol. The molecule has 0 fully saturated rings. The molecule has 2 aromatic carbocycles. The topological polar surface area (TPSA) is 71.0 Å². The Morgan fingerprint density at radius 1 is 1.21 bits per heavy atom.